The van der Waals surface area contributed by atoms with Gasteiger partial charge in [0.05, 0.1) is 10.5 Å². The Balaban J connectivity index is 2.24. The van der Waals surface area contributed by atoms with E-state index >= 15 is 0 Å². The highest BCUT2D eigenvalue weighted by Crippen LogP contribution is 2.25. The Morgan fingerprint density at radius 3 is 2.65 bits per heavy atom. The molecule has 20 heavy (non-hydrogen) atoms. The Kier molecular flexibility index (Phi) is 4.79. The molecular weight excluding hydrogens is 272 g/mol. The van der Waals surface area contributed by atoms with Crippen LogP contribution in [0.3, 0.4) is 0 Å². The molecule has 0 amide bonds. The van der Waals surface area contributed by atoms with Crippen LogP contribution in [0, 0.1) is 17.2 Å². The van der Waals surface area contributed by atoms with Gasteiger partial charge in [-0.25, -0.2) is 13.1 Å². The van der Waals surface area contributed by atoms with Crippen molar-refractivity contribution < 1.29 is 8.42 Å². The van der Waals surface area contributed by atoms with Crippen molar-refractivity contribution in [2.75, 3.05) is 0 Å². The summed E-state index contributed by atoms with van der Waals surface area (Å²) in [7, 11) is -3.62. The van der Waals surface area contributed by atoms with Crippen LogP contribution in [0.4, 0.5) is 0 Å². The SMILES string of the molecule is CC1CCCCCC1NS(=O)(=O)c1ccccc1C#N. The molecule has 108 valence electrons. The van der Waals surface area contributed by atoms with Crippen LogP contribution in [-0.2, 0) is 10.0 Å². The number of rotatable bonds is 3. The van der Waals surface area contributed by atoms with Crippen LogP contribution in [-0.4, -0.2) is 14.5 Å². The molecule has 1 saturated carbocycles. The van der Waals surface area contributed by atoms with Crippen molar-refractivity contribution in [3.63, 3.8) is 0 Å². The average Bonchev–Trinajstić information content (AvgIpc) is 2.64. The highest BCUT2D eigenvalue weighted by atomic mass is 32.2. The lowest BCUT2D eigenvalue weighted by atomic mass is 9.98. The van der Waals surface area contributed by atoms with Crippen LogP contribution in [0.2, 0.25) is 0 Å². The monoisotopic (exact) mass is 292 g/mol. The zero-order valence-electron chi connectivity index (χ0n) is 11.7. The third kappa shape index (κ3) is 3.38. The van der Waals surface area contributed by atoms with Gasteiger partial charge in [0.1, 0.15) is 6.07 Å². The molecule has 0 bridgehead atoms. The summed E-state index contributed by atoms with van der Waals surface area (Å²) in [6, 6.07) is 8.25. The lowest BCUT2D eigenvalue weighted by Crippen LogP contribution is -2.39. The lowest BCUT2D eigenvalue weighted by Gasteiger charge is -2.22. The van der Waals surface area contributed by atoms with Gasteiger partial charge in [0.15, 0.2) is 0 Å². The topological polar surface area (TPSA) is 70.0 Å². The molecule has 0 aromatic heterocycles. The van der Waals surface area contributed by atoms with Crippen LogP contribution in [0.25, 0.3) is 0 Å². The fraction of sp³-hybridized carbons (Fsp3) is 0.533. The maximum atomic E-state index is 12.5. The molecule has 0 radical (unpaired) electrons. The van der Waals surface area contributed by atoms with Crippen LogP contribution >= 0.6 is 0 Å². The molecule has 0 heterocycles. The number of hydrogen-bond acceptors (Lipinski definition) is 3. The third-order valence-corrected chi connectivity index (χ3v) is 5.51. The minimum Gasteiger partial charge on any atom is -0.208 e. The summed E-state index contributed by atoms with van der Waals surface area (Å²) in [4.78, 5) is 0.0824. The highest BCUT2D eigenvalue weighted by Gasteiger charge is 2.27. The molecule has 2 atom stereocenters. The molecular formula is C15H20N2O2S. The van der Waals surface area contributed by atoms with Crippen molar-refractivity contribution in [1.29, 1.82) is 5.26 Å². The predicted molar refractivity (Wildman–Crippen MR) is 77.5 cm³/mol. The Morgan fingerprint density at radius 1 is 1.20 bits per heavy atom. The van der Waals surface area contributed by atoms with Gasteiger partial charge in [0.25, 0.3) is 0 Å². The number of nitrogens with zero attached hydrogens (tertiary/aromatic N) is 1. The number of benzene rings is 1. The van der Waals surface area contributed by atoms with E-state index in [9.17, 15) is 8.42 Å². The molecule has 1 fully saturated rings. The first kappa shape index (κ1) is 15.0. The first-order valence-electron chi connectivity index (χ1n) is 7.06. The Hall–Kier alpha value is -1.38. The van der Waals surface area contributed by atoms with Gasteiger partial charge in [0.2, 0.25) is 10.0 Å². The van der Waals surface area contributed by atoms with E-state index in [4.69, 9.17) is 5.26 Å². The summed E-state index contributed by atoms with van der Waals surface area (Å²) in [5.41, 5.74) is 0.196. The molecule has 0 aliphatic heterocycles. The van der Waals surface area contributed by atoms with Gasteiger partial charge in [-0.05, 0) is 30.9 Å². The maximum absolute atomic E-state index is 12.5. The van der Waals surface area contributed by atoms with Gasteiger partial charge in [-0.3, -0.25) is 0 Å². The largest absolute Gasteiger partial charge is 0.242 e. The van der Waals surface area contributed by atoms with E-state index in [1.807, 2.05) is 6.07 Å². The third-order valence-electron chi connectivity index (χ3n) is 3.97. The van der Waals surface area contributed by atoms with Crippen molar-refractivity contribution >= 4 is 10.0 Å². The zero-order valence-corrected chi connectivity index (χ0v) is 12.5. The van der Waals surface area contributed by atoms with Crippen molar-refractivity contribution in [2.45, 2.75) is 50.0 Å². The number of nitrogens with one attached hydrogen (secondary N) is 1. The minimum atomic E-state index is -3.62. The van der Waals surface area contributed by atoms with E-state index in [-0.39, 0.29) is 16.5 Å². The van der Waals surface area contributed by atoms with Gasteiger partial charge in [-0.1, -0.05) is 38.3 Å². The molecule has 1 N–H and O–H groups in total. The Labute approximate surface area is 120 Å². The first-order chi connectivity index (χ1) is 9.54. The van der Waals surface area contributed by atoms with E-state index < -0.39 is 10.0 Å². The van der Waals surface area contributed by atoms with Gasteiger partial charge in [-0.15, -0.1) is 0 Å². The summed E-state index contributed by atoms with van der Waals surface area (Å²) >= 11 is 0. The summed E-state index contributed by atoms with van der Waals surface area (Å²) < 4.78 is 27.7. The normalized spacial score (nSPS) is 23.8. The summed E-state index contributed by atoms with van der Waals surface area (Å²) in [5.74, 6) is 0.335. The van der Waals surface area contributed by atoms with E-state index in [0.29, 0.717) is 5.92 Å². The molecule has 2 rings (SSSR count). The van der Waals surface area contributed by atoms with E-state index in [1.54, 1.807) is 12.1 Å². The Morgan fingerprint density at radius 2 is 1.90 bits per heavy atom. The van der Waals surface area contributed by atoms with Crippen LogP contribution < -0.4 is 4.72 Å². The minimum absolute atomic E-state index is 0.0331. The van der Waals surface area contributed by atoms with Crippen molar-refractivity contribution in [2.24, 2.45) is 5.92 Å². The highest BCUT2D eigenvalue weighted by molar-refractivity contribution is 7.89. The van der Waals surface area contributed by atoms with E-state index in [2.05, 4.69) is 11.6 Å². The van der Waals surface area contributed by atoms with E-state index in [1.165, 1.54) is 12.1 Å². The molecule has 4 nitrogen and oxygen atoms in total. The standard InChI is InChI=1S/C15H20N2O2S/c1-12-7-3-2-4-9-14(12)17-20(18,19)15-10-6-5-8-13(15)11-16/h5-6,8,10,12,14,17H,2-4,7,9H2,1H3. The smallest absolute Gasteiger partial charge is 0.208 e. The Bertz CT molecular complexity index is 605. The lowest BCUT2D eigenvalue weighted by molar-refractivity contribution is 0.399. The second-order valence-corrected chi connectivity index (χ2v) is 7.13. The first-order valence-corrected chi connectivity index (χ1v) is 8.54. The van der Waals surface area contributed by atoms with Crippen LogP contribution in [0.15, 0.2) is 29.2 Å². The van der Waals surface area contributed by atoms with Gasteiger partial charge in [0, 0.05) is 6.04 Å². The molecule has 0 spiro atoms. The summed E-state index contributed by atoms with van der Waals surface area (Å²) in [6.45, 7) is 2.09. The van der Waals surface area contributed by atoms with Crippen LogP contribution in [0.1, 0.15) is 44.6 Å². The molecule has 1 aromatic carbocycles. The summed E-state index contributed by atoms with van der Waals surface area (Å²) in [6.07, 6.45) is 5.30. The van der Waals surface area contributed by atoms with Crippen LogP contribution in [0.5, 0.6) is 0 Å². The summed E-state index contributed by atoms with van der Waals surface area (Å²) in [5, 5.41) is 9.04. The molecule has 1 aliphatic rings. The fourth-order valence-electron chi connectivity index (χ4n) is 2.72. The van der Waals surface area contributed by atoms with Crippen molar-refractivity contribution in [3.05, 3.63) is 29.8 Å². The molecule has 2 unspecified atom stereocenters. The fourth-order valence-corrected chi connectivity index (χ4v) is 4.26. The molecule has 1 aliphatic carbocycles. The van der Waals surface area contributed by atoms with Gasteiger partial charge in [-0.2, -0.15) is 5.26 Å². The number of nitriles is 1. The van der Waals surface area contributed by atoms with Gasteiger partial charge >= 0.3 is 0 Å². The molecule has 1 aromatic rings. The van der Waals surface area contributed by atoms with Crippen molar-refractivity contribution in [3.8, 4) is 6.07 Å². The average molecular weight is 292 g/mol. The second-order valence-electron chi connectivity index (χ2n) is 5.45. The van der Waals surface area contributed by atoms with Gasteiger partial charge < -0.3 is 0 Å². The quantitative estimate of drug-likeness (QED) is 0.871. The van der Waals surface area contributed by atoms with Crippen molar-refractivity contribution in [1.82, 2.24) is 4.72 Å². The maximum Gasteiger partial charge on any atom is 0.242 e. The zero-order chi connectivity index (χ0) is 14.6. The van der Waals surface area contributed by atoms with E-state index in [0.717, 1.165) is 32.1 Å². The molecule has 0 saturated heterocycles. The number of hydrogen-bond donors (Lipinski definition) is 1. The molecule has 5 heteroatoms. The number of sulfonamides is 1. The predicted octanol–water partition coefficient (Wildman–Crippen LogP) is 2.81. The second kappa shape index (κ2) is 6.38.